The van der Waals surface area contributed by atoms with Crippen molar-refractivity contribution < 1.29 is 48.5 Å². The van der Waals surface area contributed by atoms with Crippen LogP contribution in [0, 0.1) is 10.1 Å². The van der Waals surface area contributed by atoms with Crippen LogP contribution in [0.4, 0.5) is 11.4 Å². The number of aliphatic carboxylic acids is 1. The van der Waals surface area contributed by atoms with Crippen LogP contribution in [0.2, 0.25) is 0 Å². The van der Waals surface area contributed by atoms with E-state index in [1.165, 1.54) is 0 Å². The summed E-state index contributed by atoms with van der Waals surface area (Å²) >= 11 is 0. The number of rotatable bonds is 9. The number of nitro benzene ring substituents is 1. The molecule has 0 aliphatic rings. The third kappa shape index (κ3) is 6.40. The number of carbonyl (C=O) groups excluding carboxylic acids is 1. The summed E-state index contributed by atoms with van der Waals surface area (Å²) in [5, 5.41) is 28.6. The Bertz CT molecular complexity index is 821. The molecule has 0 saturated heterocycles. The topological polar surface area (TPSA) is 231 Å². The van der Waals surface area contributed by atoms with E-state index in [-0.39, 0.29) is 5.06 Å². The van der Waals surface area contributed by atoms with Crippen LogP contribution in [-0.4, -0.2) is 48.8 Å². The van der Waals surface area contributed by atoms with Crippen molar-refractivity contribution in [2.45, 2.75) is 18.9 Å². The number of phosphoric acid groups is 1. The van der Waals surface area contributed by atoms with E-state index in [1.54, 1.807) is 0 Å². The molecule has 148 valence electrons. The highest BCUT2D eigenvalue weighted by atomic mass is 31.2. The second kappa shape index (κ2) is 8.66. The molecule has 15 heteroatoms. The average molecular weight is 407 g/mol. The maximum Gasteiger partial charge on any atom is 0.491 e. The van der Waals surface area contributed by atoms with Crippen molar-refractivity contribution >= 4 is 37.0 Å². The molecule has 0 aromatic heterocycles. The fraction of sp³-hybridized carbons (Fsp3) is 0.250. The van der Waals surface area contributed by atoms with Crippen molar-refractivity contribution in [3.05, 3.63) is 33.9 Å². The number of aromatic carboxylic acids is 1. The molecule has 6 N–H and O–H groups in total. The Morgan fingerprint density at radius 3 is 2.33 bits per heavy atom. The normalized spacial score (nSPS) is 12.3. The van der Waals surface area contributed by atoms with Gasteiger partial charge in [0.15, 0.2) is 0 Å². The number of carbonyl (C=O) groups is 3. The van der Waals surface area contributed by atoms with Gasteiger partial charge in [0, 0.05) is 12.5 Å². The van der Waals surface area contributed by atoms with Gasteiger partial charge in [-0.25, -0.2) is 9.36 Å². The number of anilines is 1. The summed E-state index contributed by atoms with van der Waals surface area (Å²) < 4.78 is 15.3. The third-order valence-electron chi connectivity index (χ3n) is 3.04. The second-order valence-electron chi connectivity index (χ2n) is 5.01. The first-order chi connectivity index (χ1) is 12.3. The highest BCUT2D eigenvalue weighted by Gasteiger charge is 2.30. The van der Waals surface area contributed by atoms with Gasteiger partial charge in [0.25, 0.3) is 11.6 Å². The summed E-state index contributed by atoms with van der Waals surface area (Å²) in [6.45, 7) is 0. The van der Waals surface area contributed by atoms with Gasteiger partial charge in [-0.15, -0.1) is 0 Å². The number of hydrogen-bond donors (Lipinski definition) is 5. The number of hydrogen-bond acceptors (Lipinski definition) is 8. The summed E-state index contributed by atoms with van der Waals surface area (Å²) in [4.78, 5) is 61.7. The summed E-state index contributed by atoms with van der Waals surface area (Å²) in [5.74, 6) is -4.32. The van der Waals surface area contributed by atoms with Gasteiger partial charge in [-0.05, 0) is 18.6 Å². The highest BCUT2D eigenvalue weighted by Crippen LogP contribution is 2.40. The van der Waals surface area contributed by atoms with E-state index in [0.29, 0.717) is 12.1 Å². The largest absolute Gasteiger partial charge is 0.491 e. The predicted octanol–water partition coefficient (Wildman–Crippen LogP) is -0.158. The minimum absolute atomic E-state index is 0.0332. The van der Waals surface area contributed by atoms with Crippen molar-refractivity contribution in [3.63, 3.8) is 0 Å². The minimum Gasteiger partial charge on any atom is -0.480 e. The summed E-state index contributed by atoms with van der Waals surface area (Å²) in [5.41, 5.74) is 3.00. The molecule has 0 aliphatic heterocycles. The molecule has 1 rings (SSSR count). The van der Waals surface area contributed by atoms with Gasteiger partial charge in [0.1, 0.15) is 11.6 Å². The molecule has 1 aromatic rings. The van der Waals surface area contributed by atoms with Crippen LogP contribution in [0.1, 0.15) is 23.2 Å². The Balaban J connectivity index is 3.28. The van der Waals surface area contributed by atoms with Crippen molar-refractivity contribution in [2.24, 2.45) is 5.73 Å². The Morgan fingerprint density at radius 1 is 1.30 bits per heavy atom. The molecular weight excluding hydrogens is 393 g/mol. The molecule has 0 bridgehead atoms. The molecule has 0 saturated carbocycles. The Morgan fingerprint density at radius 2 is 1.89 bits per heavy atom. The molecule has 14 nitrogen and oxygen atoms in total. The summed E-state index contributed by atoms with van der Waals surface area (Å²) in [6, 6.07) is 0.684. The van der Waals surface area contributed by atoms with Crippen molar-refractivity contribution in [1.82, 2.24) is 0 Å². The van der Waals surface area contributed by atoms with Gasteiger partial charge < -0.3 is 25.7 Å². The summed E-state index contributed by atoms with van der Waals surface area (Å²) in [6.07, 6.45) is -1.05. The van der Waals surface area contributed by atoms with Crippen LogP contribution in [0.5, 0.6) is 0 Å². The molecule has 1 atom stereocenters. The Hall–Kier alpha value is -2.90. The first-order valence-electron chi connectivity index (χ1n) is 6.92. The van der Waals surface area contributed by atoms with Crippen molar-refractivity contribution in [1.29, 1.82) is 0 Å². The zero-order valence-electron chi connectivity index (χ0n) is 13.3. The van der Waals surface area contributed by atoms with E-state index in [2.05, 4.69) is 4.62 Å². The quantitative estimate of drug-likeness (QED) is 0.204. The van der Waals surface area contributed by atoms with Gasteiger partial charge in [-0.3, -0.25) is 19.7 Å². The first-order valence-corrected chi connectivity index (χ1v) is 8.45. The molecule has 0 aliphatic carbocycles. The first kappa shape index (κ1) is 22.1. The number of amides is 1. The number of carboxylic acids is 2. The fourth-order valence-electron chi connectivity index (χ4n) is 1.83. The molecule has 0 radical (unpaired) electrons. The Labute approximate surface area is 150 Å². The number of hydroxylamine groups is 1. The van der Waals surface area contributed by atoms with Gasteiger partial charge in [0.05, 0.1) is 10.6 Å². The van der Waals surface area contributed by atoms with Gasteiger partial charge in [-0.1, -0.05) is 0 Å². The lowest BCUT2D eigenvalue weighted by Crippen LogP contribution is -2.35. The number of nitrogens with zero attached hydrogens (tertiary/aromatic N) is 2. The van der Waals surface area contributed by atoms with Crippen LogP contribution >= 0.6 is 7.82 Å². The van der Waals surface area contributed by atoms with E-state index >= 15 is 0 Å². The van der Waals surface area contributed by atoms with Crippen LogP contribution in [0.3, 0.4) is 0 Å². The smallest absolute Gasteiger partial charge is 0.480 e. The number of carboxylic acid groups (broad SMARTS) is 2. The SMILES string of the molecule is N[C@@H](CCC(=O)N(OP(=O)(O)O)c1ccc([N+](=O)[O-])c(C(=O)O)c1)C(=O)O. The minimum atomic E-state index is -5.30. The maximum atomic E-state index is 12.2. The molecule has 27 heavy (non-hydrogen) atoms. The van der Waals surface area contributed by atoms with Crippen LogP contribution in [-0.2, 0) is 18.8 Å². The lowest BCUT2D eigenvalue weighted by atomic mass is 10.1. The van der Waals surface area contributed by atoms with Crippen LogP contribution in [0.25, 0.3) is 0 Å². The molecule has 0 unspecified atom stereocenters. The van der Waals surface area contributed by atoms with E-state index in [0.717, 1.165) is 6.07 Å². The molecule has 1 amide bonds. The number of benzene rings is 1. The zero-order valence-corrected chi connectivity index (χ0v) is 14.2. The molecular formula is C12H14N3O11P. The third-order valence-corrected chi connectivity index (χ3v) is 3.42. The van der Waals surface area contributed by atoms with Crippen LogP contribution < -0.4 is 10.8 Å². The average Bonchev–Trinajstić information content (AvgIpc) is 2.55. The lowest BCUT2D eigenvalue weighted by Gasteiger charge is -2.22. The van der Waals surface area contributed by atoms with E-state index in [4.69, 9.17) is 25.7 Å². The van der Waals surface area contributed by atoms with Gasteiger partial charge >= 0.3 is 19.8 Å². The summed E-state index contributed by atoms with van der Waals surface area (Å²) in [7, 11) is -5.30. The lowest BCUT2D eigenvalue weighted by molar-refractivity contribution is -0.385. The number of nitrogens with two attached hydrogens (primary N) is 1. The molecule has 0 spiro atoms. The Kier molecular flexibility index (Phi) is 7.10. The monoisotopic (exact) mass is 407 g/mol. The standard InChI is InChI=1S/C12H14N3O11P/c13-8(12(19)20)2-4-10(16)14(26-27(23,24)25)6-1-3-9(15(21)22)7(5-6)11(17)18/h1,3,5,8H,2,4,13H2,(H,17,18)(H,19,20)(H2,23,24,25)/t8-/m0/s1. The molecule has 0 fully saturated rings. The van der Waals surface area contributed by atoms with Crippen molar-refractivity contribution in [2.75, 3.05) is 5.06 Å². The fourth-order valence-corrected chi connectivity index (χ4v) is 2.23. The maximum absolute atomic E-state index is 12.2. The van der Waals surface area contributed by atoms with E-state index in [9.17, 15) is 29.1 Å². The second-order valence-corrected chi connectivity index (χ2v) is 6.15. The number of nitro groups is 1. The molecule has 0 heterocycles. The zero-order chi connectivity index (χ0) is 20.9. The van der Waals surface area contributed by atoms with Gasteiger partial charge in [0.2, 0.25) is 0 Å². The van der Waals surface area contributed by atoms with E-state index < -0.39 is 66.4 Å². The van der Waals surface area contributed by atoms with Gasteiger partial charge in [-0.2, -0.15) is 9.69 Å². The predicted molar refractivity (Wildman–Crippen MR) is 85.5 cm³/mol. The van der Waals surface area contributed by atoms with E-state index in [1.807, 2.05) is 0 Å². The van der Waals surface area contributed by atoms with Crippen molar-refractivity contribution in [3.8, 4) is 0 Å². The molecule has 1 aromatic carbocycles. The highest BCUT2D eigenvalue weighted by molar-refractivity contribution is 7.46. The van der Waals surface area contributed by atoms with Crippen LogP contribution in [0.15, 0.2) is 18.2 Å².